The van der Waals surface area contributed by atoms with Crippen molar-refractivity contribution in [3.05, 3.63) is 51.5 Å². The largest absolute Gasteiger partial charge is 0.241 e. The molecule has 0 aliphatic heterocycles. The van der Waals surface area contributed by atoms with Crippen molar-refractivity contribution in [2.75, 3.05) is 0 Å². The van der Waals surface area contributed by atoms with Gasteiger partial charge in [-0.15, -0.1) is 0 Å². The van der Waals surface area contributed by atoms with Crippen LogP contribution in [0.25, 0.3) is 0 Å². The fraction of sp³-hybridized carbons (Fsp3) is 0.333. The van der Waals surface area contributed by atoms with Crippen LogP contribution >= 0.6 is 11.3 Å². The number of nitrogens with one attached hydrogen (secondary N) is 1. The van der Waals surface area contributed by atoms with Crippen LogP contribution in [0.15, 0.2) is 33.9 Å². The third-order valence-electron chi connectivity index (χ3n) is 3.17. The molecular formula is C15H18FNO2S2. The number of sulfonamides is 1. The van der Waals surface area contributed by atoms with Crippen molar-refractivity contribution in [2.45, 2.75) is 38.1 Å². The molecule has 114 valence electrons. The van der Waals surface area contributed by atoms with Crippen LogP contribution < -0.4 is 4.72 Å². The van der Waals surface area contributed by atoms with Gasteiger partial charge in [0.25, 0.3) is 0 Å². The zero-order valence-electron chi connectivity index (χ0n) is 12.2. The molecule has 6 heteroatoms. The fourth-order valence-corrected chi connectivity index (χ4v) is 4.83. The van der Waals surface area contributed by atoms with Gasteiger partial charge in [-0.25, -0.2) is 17.5 Å². The third kappa shape index (κ3) is 3.90. The molecule has 0 saturated carbocycles. The molecular weight excluding hydrogens is 309 g/mol. The van der Waals surface area contributed by atoms with Crippen LogP contribution in [-0.2, 0) is 16.4 Å². The predicted octanol–water partition coefficient (Wildman–Crippen LogP) is 3.41. The van der Waals surface area contributed by atoms with Crippen molar-refractivity contribution in [3.63, 3.8) is 0 Å². The van der Waals surface area contributed by atoms with E-state index in [1.54, 1.807) is 25.2 Å². The molecule has 3 nitrogen and oxygen atoms in total. The van der Waals surface area contributed by atoms with Gasteiger partial charge in [0.05, 0.1) is 4.90 Å². The maximum Gasteiger partial charge on any atom is 0.241 e. The summed E-state index contributed by atoms with van der Waals surface area (Å²) in [4.78, 5) is 0.168. The molecule has 0 aliphatic carbocycles. The molecule has 0 aliphatic rings. The maximum atomic E-state index is 13.3. The van der Waals surface area contributed by atoms with Crippen LogP contribution in [0.2, 0.25) is 0 Å². The van der Waals surface area contributed by atoms with E-state index < -0.39 is 15.8 Å². The lowest BCUT2D eigenvalue weighted by Gasteiger charge is -2.16. The smallest absolute Gasteiger partial charge is 0.208 e. The van der Waals surface area contributed by atoms with E-state index in [1.807, 2.05) is 23.8 Å². The Hall–Kier alpha value is -1.24. The van der Waals surface area contributed by atoms with Crippen molar-refractivity contribution in [2.24, 2.45) is 0 Å². The average molecular weight is 327 g/mol. The van der Waals surface area contributed by atoms with Gasteiger partial charge in [-0.2, -0.15) is 11.3 Å². The highest BCUT2D eigenvalue weighted by Crippen LogP contribution is 2.22. The van der Waals surface area contributed by atoms with Crippen molar-refractivity contribution in [1.82, 2.24) is 4.72 Å². The summed E-state index contributed by atoms with van der Waals surface area (Å²) in [7, 11) is -3.65. The van der Waals surface area contributed by atoms with Gasteiger partial charge in [0.1, 0.15) is 5.82 Å². The number of aryl methyl sites for hydroxylation is 2. The summed E-state index contributed by atoms with van der Waals surface area (Å²) in [5.74, 6) is -0.421. The summed E-state index contributed by atoms with van der Waals surface area (Å²) in [6, 6.07) is 4.23. The summed E-state index contributed by atoms with van der Waals surface area (Å²) in [6.07, 6.45) is 0.627. The molecule has 1 heterocycles. The molecule has 2 aromatic rings. The second kappa shape index (κ2) is 6.25. The van der Waals surface area contributed by atoms with E-state index in [-0.39, 0.29) is 10.9 Å². The van der Waals surface area contributed by atoms with E-state index >= 15 is 0 Å². The summed E-state index contributed by atoms with van der Waals surface area (Å²) < 4.78 is 40.9. The SMILES string of the molecule is Cc1cc(F)cc(C)c1S(=O)(=O)NC(C)Cc1ccsc1. The minimum atomic E-state index is -3.65. The summed E-state index contributed by atoms with van der Waals surface area (Å²) in [5.41, 5.74) is 1.94. The Morgan fingerprint density at radius 2 is 1.90 bits per heavy atom. The van der Waals surface area contributed by atoms with Gasteiger partial charge in [0.15, 0.2) is 0 Å². The predicted molar refractivity (Wildman–Crippen MR) is 83.7 cm³/mol. The number of benzene rings is 1. The van der Waals surface area contributed by atoms with Crippen LogP contribution in [0.4, 0.5) is 4.39 Å². The molecule has 1 aromatic heterocycles. The Morgan fingerprint density at radius 1 is 1.29 bits per heavy atom. The van der Waals surface area contributed by atoms with Crippen LogP contribution in [0.1, 0.15) is 23.6 Å². The summed E-state index contributed by atoms with van der Waals surface area (Å²) in [5, 5.41) is 3.96. The number of halogens is 1. The first-order valence-electron chi connectivity index (χ1n) is 6.60. The van der Waals surface area contributed by atoms with Crippen molar-refractivity contribution < 1.29 is 12.8 Å². The average Bonchev–Trinajstić information content (AvgIpc) is 2.78. The van der Waals surface area contributed by atoms with E-state index in [0.29, 0.717) is 17.5 Å². The highest BCUT2D eigenvalue weighted by Gasteiger charge is 2.22. The topological polar surface area (TPSA) is 46.2 Å². The van der Waals surface area contributed by atoms with E-state index in [4.69, 9.17) is 0 Å². The third-order valence-corrected chi connectivity index (χ3v) is 5.80. The first-order chi connectivity index (χ1) is 9.79. The van der Waals surface area contributed by atoms with Crippen LogP contribution in [0, 0.1) is 19.7 Å². The number of rotatable bonds is 5. The lowest BCUT2D eigenvalue weighted by atomic mass is 10.1. The van der Waals surface area contributed by atoms with Gasteiger partial charge < -0.3 is 0 Å². The van der Waals surface area contributed by atoms with Crippen molar-refractivity contribution in [1.29, 1.82) is 0 Å². The molecule has 1 atom stereocenters. The zero-order valence-corrected chi connectivity index (χ0v) is 13.8. The number of hydrogen-bond donors (Lipinski definition) is 1. The molecule has 0 amide bonds. The molecule has 21 heavy (non-hydrogen) atoms. The lowest BCUT2D eigenvalue weighted by molar-refractivity contribution is 0.558. The summed E-state index contributed by atoms with van der Waals surface area (Å²) in [6.45, 7) is 5.03. The lowest BCUT2D eigenvalue weighted by Crippen LogP contribution is -2.34. The first kappa shape index (κ1) is 16.1. The zero-order chi connectivity index (χ0) is 15.6. The van der Waals surface area contributed by atoms with E-state index in [2.05, 4.69) is 4.72 Å². The number of thiophene rings is 1. The molecule has 1 aromatic carbocycles. The molecule has 0 bridgehead atoms. The van der Waals surface area contributed by atoms with Gasteiger partial charge in [0.2, 0.25) is 10.0 Å². The van der Waals surface area contributed by atoms with Gasteiger partial charge >= 0.3 is 0 Å². The van der Waals surface area contributed by atoms with Crippen molar-refractivity contribution >= 4 is 21.4 Å². The van der Waals surface area contributed by atoms with Crippen molar-refractivity contribution in [3.8, 4) is 0 Å². The molecule has 0 radical (unpaired) electrons. The normalized spacial score (nSPS) is 13.3. The highest BCUT2D eigenvalue weighted by molar-refractivity contribution is 7.89. The molecule has 0 saturated heterocycles. The molecule has 0 spiro atoms. The van der Waals surface area contributed by atoms with Crippen LogP contribution in [0.5, 0.6) is 0 Å². The molecule has 1 unspecified atom stereocenters. The Balaban J connectivity index is 2.22. The monoisotopic (exact) mass is 327 g/mol. The fourth-order valence-electron chi connectivity index (χ4n) is 2.45. The Kier molecular flexibility index (Phi) is 4.81. The Bertz CT molecular complexity index is 701. The van der Waals surface area contributed by atoms with Gasteiger partial charge in [0, 0.05) is 6.04 Å². The minimum Gasteiger partial charge on any atom is -0.208 e. The van der Waals surface area contributed by atoms with Gasteiger partial charge in [-0.05, 0) is 72.8 Å². The van der Waals surface area contributed by atoms with Gasteiger partial charge in [-0.1, -0.05) is 0 Å². The second-order valence-corrected chi connectivity index (χ2v) is 7.66. The van der Waals surface area contributed by atoms with Crippen LogP contribution in [-0.4, -0.2) is 14.5 Å². The van der Waals surface area contributed by atoms with Crippen LogP contribution in [0.3, 0.4) is 0 Å². The van der Waals surface area contributed by atoms with E-state index in [0.717, 1.165) is 5.56 Å². The molecule has 0 fully saturated rings. The Labute approximate surface area is 128 Å². The van der Waals surface area contributed by atoms with E-state index in [9.17, 15) is 12.8 Å². The molecule has 1 N–H and O–H groups in total. The molecule has 2 rings (SSSR count). The maximum absolute atomic E-state index is 13.3. The minimum absolute atomic E-state index is 0.168. The first-order valence-corrected chi connectivity index (χ1v) is 9.02. The quantitative estimate of drug-likeness (QED) is 0.915. The van der Waals surface area contributed by atoms with Gasteiger partial charge in [-0.3, -0.25) is 0 Å². The standard InChI is InChI=1S/C15H18FNO2S2/c1-10-6-14(16)7-11(2)15(10)21(18,19)17-12(3)8-13-4-5-20-9-13/h4-7,9,12,17H,8H2,1-3H3. The van der Waals surface area contributed by atoms with E-state index in [1.165, 1.54) is 12.1 Å². The highest BCUT2D eigenvalue weighted by atomic mass is 32.2. The number of hydrogen-bond acceptors (Lipinski definition) is 3. The second-order valence-electron chi connectivity index (χ2n) is 5.23. The summed E-state index contributed by atoms with van der Waals surface area (Å²) >= 11 is 1.58. The Morgan fingerprint density at radius 3 is 2.43 bits per heavy atom.